The van der Waals surface area contributed by atoms with Crippen molar-refractivity contribution in [2.24, 2.45) is 10.9 Å². The molecule has 0 spiro atoms. The van der Waals surface area contributed by atoms with Crippen LogP contribution in [-0.2, 0) is 4.84 Å². The molecule has 0 saturated carbocycles. The highest BCUT2D eigenvalue weighted by Crippen LogP contribution is 2.13. The molecule has 2 rings (SSSR count). The van der Waals surface area contributed by atoms with Crippen LogP contribution in [-0.4, -0.2) is 26.0 Å². The lowest BCUT2D eigenvalue weighted by Gasteiger charge is -2.05. The second-order valence-corrected chi connectivity index (χ2v) is 4.35. The number of nitrogens with one attached hydrogen (secondary N) is 1. The number of hydrogen-bond acceptors (Lipinski definition) is 5. The zero-order chi connectivity index (χ0) is 15.9. The summed E-state index contributed by atoms with van der Waals surface area (Å²) in [6.07, 6.45) is 0. The predicted molar refractivity (Wildman–Crippen MR) is 84.6 cm³/mol. The van der Waals surface area contributed by atoms with E-state index in [1.165, 1.54) is 0 Å². The van der Waals surface area contributed by atoms with E-state index in [4.69, 9.17) is 25.5 Å². The van der Waals surface area contributed by atoms with Gasteiger partial charge in [0.15, 0.2) is 5.84 Å². The molecule has 0 saturated heterocycles. The minimum absolute atomic E-state index is 0.0980. The molecule has 0 unspecified atom stereocenters. The molecule has 0 amide bonds. The van der Waals surface area contributed by atoms with E-state index in [-0.39, 0.29) is 11.7 Å². The first-order chi connectivity index (χ1) is 10.6. The molecule has 22 heavy (non-hydrogen) atoms. The SMILES string of the molecule is COc1ccc(C(=N)O/N=C(/N)c2ccc(OC)cc2)cc1. The van der Waals surface area contributed by atoms with Crippen LogP contribution in [0.15, 0.2) is 53.7 Å². The van der Waals surface area contributed by atoms with Gasteiger partial charge in [0.1, 0.15) is 11.5 Å². The highest BCUT2D eigenvalue weighted by Gasteiger charge is 2.05. The summed E-state index contributed by atoms with van der Waals surface area (Å²) in [6.45, 7) is 0. The minimum Gasteiger partial charge on any atom is -0.497 e. The average Bonchev–Trinajstić information content (AvgIpc) is 2.59. The van der Waals surface area contributed by atoms with Gasteiger partial charge in [0.25, 0.3) is 0 Å². The molecule has 2 aromatic rings. The normalized spacial score (nSPS) is 10.9. The lowest BCUT2D eigenvalue weighted by molar-refractivity contribution is 0.326. The fraction of sp³-hybridized carbons (Fsp3) is 0.125. The van der Waals surface area contributed by atoms with Crippen LogP contribution >= 0.6 is 0 Å². The summed E-state index contributed by atoms with van der Waals surface area (Å²) < 4.78 is 10.1. The van der Waals surface area contributed by atoms with Gasteiger partial charge in [-0.15, -0.1) is 0 Å². The van der Waals surface area contributed by atoms with Gasteiger partial charge in [0.05, 0.1) is 14.2 Å². The number of methoxy groups -OCH3 is 2. The molecule has 0 aromatic heterocycles. The Kier molecular flexibility index (Phi) is 4.98. The topological polar surface area (TPSA) is 89.9 Å². The highest BCUT2D eigenvalue weighted by molar-refractivity contribution is 5.98. The molecule has 6 nitrogen and oxygen atoms in total. The maximum atomic E-state index is 7.83. The molecule has 0 aliphatic heterocycles. The summed E-state index contributed by atoms with van der Waals surface area (Å²) in [5.74, 6) is 1.52. The third-order valence-electron chi connectivity index (χ3n) is 2.97. The second-order valence-electron chi connectivity index (χ2n) is 4.35. The van der Waals surface area contributed by atoms with Gasteiger partial charge in [-0.3, -0.25) is 5.41 Å². The second kappa shape index (κ2) is 7.12. The molecular weight excluding hydrogens is 282 g/mol. The van der Waals surface area contributed by atoms with Crippen LogP contribution in [0.5, 0.6) is 11.5 Å². The molecular formula is C16H17N3O3. The fourth-order valence-electron chi connectivity index (χ4n) is 1.70. The summed E-state index contributed by atoms with van der Waals surface area (Å²) in [7, 11) is 3.17. The quantitative estimate of drug-likeness (QED) is 0.504. The lowest BCUT2D eigenvalue weighted by Crippen LogP contribution is -2.15. The van der Waals surface area contributed by atoms with Crippen LogP contribution in [0.4, 0.5) is 0 Å². The molecule has 0 atom stereocenters. The number of ether oxygens (including phenoxy) is 2. The Morgan fingerprint density at radius 3 is 1.77 bits per heavy atom. The van der Waals surface area contributed by atoms with Crippen LogP contribution in [0.1, 0.15) is 11.1 Å². The monoisotopic (exact) mass is 299 g/mol. The predicted octanol–water partition coefficient (Wildman–Crippen LogP) is 2.37. The van der Waals surface area contributed by atoms with Crippen LogP contribution < -0.4 is 15.2 Å². The molecule has 0 heterocycles. The van der Waals surface area contributed by atoms with Crippen LogP contribution in [0, 0.1) is 5.41 Å². The molecule has 0 radical (unpaired) electrons. The average molecular weight is 299 g/mol. The van der Waals surface area contributed by atoms with Gasteiger partial charge in [-0.1, -0.05) is 5.16 Å². The van der Waals surface area contributed by atoms with E-state index >= 15 is 0 Å². The van der Waals surface area contributed by atoms with Crippen LogP contribution in [0.25, 0.3) is 0 Å². The van der Waals surface area contributed by atoms with Crippen molar-refractivity contribution in [3.8, 4) is 11.5 Å². The van der Waals surface area contributed by atoms with Crippen molar-refractivity contribution in [1.29, 1.82) is 5.41 Å². The summed E-state index contributed by atoms with van der Waals surface area (Å²) in [5, 5.41) is 11.6. The van der Waals surface area contributed by atoms with Crippen molar-refractivity contribution in [3.05, 3.63) is 59.7 Å². The number of amidine groups is 1. The zero-order valence-electron chi connectivity index (χ0n) is 12.4. The summed E-state index contributed by atoms with van der Waals surface area (Å²) in [6, 6.07) is 14.0. The van der Waals surface area contributed by atoms with Crippen molar-refractivity contribution in [2.45, 2.75) is 0 Å². The van der Waals surface area contributed by atoms with Gasteiger partial charge >= 0.3 is 0 Å². The van der Waals surface area contributed by atoms with Gasteiger partial charge in [0, 0.05) is 11.1 Å². The molecule has 0 aliphatic rings. The maximum absolute atomic E-state index is 7.83. The van der Waals surface area contributed by atoms with Crippen LogP contribution in [0.2, 0.25) is 0 Å². The first-order valence-electron chi connectivity index (χ1n) is 6.52. The molecule has 2 aromatic carbocycles. The maximum Gasteiger partial charge on any atom is 0.248 e. The molecule has 0 aliphatic carbocycles. The molecule has 3 N–H and O–H groups in total. The van der Waals surface area contributed by atoms with E-state index in [2.05, 4.69) is 5.16 Å². The number of nitrogens with zero attached hydrogens (tertiary/aromatic N) is 1. The summed E-state index contributed by atoms with van der Waals surface area (Å²) in [5.41, 5.74) is 7.09. The molecule has 114 valence electrons. The van der Waals surface area contributed by atoms with E-state index in [1.807, 2.05) is 0 Å². The van der Waals surface area contributed by atoms with E-state index in [0.717, 1.165) is 5.75 Å². The smallest absolute Gasteiger partial charge is 0.248 e. The Hall–Kier alpha value is -3.02. The van der Waals surface area contributed by atoms with Crippen molar-refractivity contribution >= 4 is 11.7 Å². The Morgan fingerprint density at radius 2 is 1.32 bits per heavy atom. The number of nitrogens with two attached hydrogens (primary N) is 1. The Bertz CT molecular complexity index is 664. The number of oxime groups is 1. The molecule has 6 heteroatoms. The molecule has 0 bridgehead atoms. The number of rotatable bonds is 5. The Balaban J connectivity index is 2.03. The number of benzene rings is 2. The lowest BCUT2D eigenvalue weighted by atomic mass is 10.2. The molecule has 0 fully saturated rings. The minimum atomic E-state index is -0.0980. The van der Waals surface area contributed by atoms with Crippen molar-refractivity contribution in [1.82, 2.24) is 0 Å². The van der Waals surface area contributed by atoms with Crippen molar-refractivity contribution in [2.75, 3.05) is 14.2 Å². The highest BCUT2D eigenvalue weighted by atomic mass is 16.6. The number of hydrogen-bond donors (Lipinski definition) is 2. The van der Waals surface area contributed by atoms with E-state index < -0.39 is 0 Å². The Morgan fingerprint density at radius 1 is 0.864 bits per heavy atom. The summed E-state index contributed by atoms with van der Waals surface area (Å²) >= 11 is 0. The third kappa shape index (κ3) is 3.76. The van der Waals surface area contributed by atoms with Gasteiger partial charge in [0.2, 0.25) is 5.90 Å². The standard InChI is InChI=1S/C16H17N3O3/c1-20-13-7-3-11(4-8-13)15(17)19-22-16(18)12-5-9-14(21-2)10-6-12/h3-10,18H,1-2H3,(H2,17,19). The van der Waals surface area contributed by atoms with Gasteiger partial charge in [-0.2, -0.15) is 0 Å². The summed E-state index contributed by atoms with van der Waals surface area (Å²) in [4.78, 5) is 5.05. The van der Waals surface area contributed by atoms with Gasteiger partial charge in [-0.05, 0) is 48.5 Å². The third-order valence-corrected chi connectivity index (χ3v) is 2.97. The van der Waals surface area contributed by atoms with Crippen molar-refractivity contribution in [3.63, 3.8) is 0 Å². The van der Waals surface area contributed by atoms with E-state index in [1.54, 1.807) is 62.8 Å². The zero-order valence-corrected chi connectivity index (χ0v) is 12.4. The van der Waals surface area contributed by atoms with Gasteiger partial charge < -0.3 is 20.0 Å². The van der Waals surface area contributed by atoms with Crippen LogP contribution in [0.3, 0.4) is 0 Å². The van der Waals surface area contributed by atoms with Crippen molar-refractivity contribution < 1.29 is 14.3 Å². The first-order valence-corrected chi connectivity index (χ1v) is 6.52. The van der Waals surface area contributed by atoms with E-state index in [9.17, 15) is 0 Å². The van der Waals surface area contributed by atoms with Gasteiger partial charge in [-0.25, -0.2) is 0 Å². The largest absolute Gasteiger partial charge is 0.497 e. The first kappa shape index (κ1) is 15.4. The van der Waals surface area contributed by atoms with E-state index in [0.29, 0.717) is 16.9 Å². The Labute approximate surface area is 128 Å². The fourth-order valence-corrected chi connectivity index (χ4v) is 1.70.